The number of para-hydroxylation sites is 1. The number of imidazole rings is 1. The molecule has 0 spiro atoms. The SMILES string of the molecule is O=C[C@H](CO)NC(=O)[C@H](Cc1c[nH]c2ccccc12)NC(=O)[C@H](Cc1cnc[nH]1)NC(=O)C1CCC(=O)N1. The van der Waals surface area contributed by atoms with Crippen molar-refractivity contribution in [2.24, 2.45) is 0 Å². The summed E-state index contributed by atoms with van der Waals surface area (Å²) < 4.78 is 0. The van der Waals surface area contributed by atoms with Crippen LogP contribution in [0.4, 0.5) is 0 Å². The molecule has 1 saturated heterocycles. The monoisotopic (exact) mass is 523 g/mol. The first kappa shape index (κ1) is 26.5. The first-order chi connectivity index (χ1) is 18.4. The van der Waals surface area contributed by atoms with Crippen LogP contribution in [0.15, 0.2) is 43.0 Å². The van der Waals surface area contributed by atoms with E-state index >= 15 is 0 Å². The number of rotatable bonds is 12. The quantitative estimate of drug-likeness (QED) is 0.142. The molecule has 1 fully saturated rings. The van der Waals surface area contributed by atoms with E-state index in [1.54, 1.807) is 6.20 Å². The van der Waals surface area contributed by atoms with Gasteiger partial charge in [0.1, 0.15) is 30.5 Å². The van der Waals surface area contributed by atoms with E-state index in [-0.39, 0.29) is 25.2 Å². The Morgan fingerprint density at radius 1 is 1.08 bits per heavy atom. The molecule has 38 heavy (non-hydrogen) atoms. The standard InChI is InChI=1S/C25H29N7O6/c33-11-16(12-34)29-24(37)20(7-14-9-27-18-4-2-1-3-17(14)18)31-25(38)21(8-15-10-26-13-28-15)32-23(36)19-5-6-22(35)30-19/h1-4,9-11,13,16,19-21,27,34H,5-8,12H2,(H,26,28)(H,29,37)(H,30,35)(H,31,38)(H,32,36)/t16-,19?,20+,21+/m1/s1. The Morgan fingerprint density at radius 2 is 1.84 bits per heavy atom. The highest BCUT2D eigenvalue weighted by Crippen LogP contribution is 2.19. The predicted molar refractivity (Wildman–Crippen MR) is 134 cm³/mol. The van der Waals surface area contributed by atoms with Gasteiger partial charge in [-0.25, -0.2) is 4.98 Å². The summed E-state index contributed by atoms with van der Waals surface area (Å²) in [6, 6.07) is 3.31. The molecule has 13 nitrogen and oxygen atoms in total. The number of carbonyl (C=O) groups excluding carboxylic acids is 5. The number of aromatic nitrogens is 3. The lowest BCUT2D eigenvalue weighted by molar-refractivity contribution is -0.133. The number of aliphatic hydroxyl groups excluding tert-OH is 1. The van der Waals surface area contributed by atoms with Gasteiger partial charge in [-0.05, 0) is 18.1 Å². The largest absolute Gasteiger partial charge is 0.394 e. The number of nitrogens with zero attached hydrogens (tertiary/aromatic N) is 1. The van der Waals surface area contributed by atoms with Crippen molar-refractivity contribution >= 4 is 40.8 Å². The van der Waals surface area contributed by atoms with Crippen LogP contribution in [0.2, 0.25) is 0 Å². The van der Waals surface area contributed by atoms with Crippen LogP contribution in [0.5, 0.6) is 0 Å². The van der Waals surface area contributed by atoms with Gasteiger partial charge in [-0.15, -0.1) is 0 Å². The normalized spacial score (nSPS) is 17.3. The third-order valence-electron chi connectivity index (χ3n) is 6.34. The number of fused-ring (bicyclic) bond motifs is 1. The van der Waals surface area contributed by atoms with Crippen LogP contribution in [0, 0.1) is 0 Å². The zero-order chi connectivity index (χ0) is 27.1. The minimum atomic E-state index is -1.14. The summed E-state index contributed by atoms with van der Waals surface area (Å²) in [6.07, 6.45) is 5.72. The second-order valence-corrected chi connectivity index (χ2v) is 9.06. The van der Waals surface area contributed by atoms with Gasteiger partial charge in [-0.3, -0.25) is 19.2 Å². The molecule has 1 aromatic carbocycles. The Bertz CT molecular complexity index is 1300. The molecular formula is C25H29N7O6. The first-order valence-corrected chi connectivity index (χ1v) is 12.2. The number of hydrogen-bond acceptors (Lipinski definition) is 7. The molecule has 0 bridgehead atoms. The summed E-state index contributed by atoms with van der Waals surface area (Å²) in [4.78, 5) is 72.1. The highest BCUT2D eigenvalue weighted by molar-refractivity contribution is 5.96. The van der Waals surface area contributed by atoms with Crippen molar-refractivity contribution in [3.63, 3.8) is 0 Å². The molecule has 1 unspecified atom stereocenters. The molecule has 3 aromatic rings. The molecule has 4 atom stereocenters. The molecule has 13 heteroatoms. The van der Waals surface area contributed by atoms with E-state index in [2.05, 4.69) is 36.2 Å². The Hall–Kier alpha value is -4.52. The molecule has 1 aliphatic rings. The number of aliphatic hydroxyl groups is 1. The minimum Gasteiger partial charge on any atom is -0.394 e. The lowest BCUT2D eigenvalue weighted by Gasteiger charge is -2.24. The van der Waals surface area contributed by atoms with Crippen LogP contribution in [-0.4, -0.2) is 80.7 Å². The maximum Gasteiger partial charge on any atom is 0.243 e. The third-order valence-corrected chi connectivity index (χ3v) is 6.34. The van der Waals surface area contributed by atoms with E-state index in [1.165, 1.54) is 12.5 Å². The Labute approximate surface area is 217 Å². The second-order valence-electron chi connectivity index (χ2n) is 9.06. The lowest BCUT2D eigenvalue weighted by atomic mass is 10.0. The number of aromatic amines is 2. The van der Waals surface area contributed by atoms with Crippen molar-refractivity contribution in [1.82, 2.24) is 36.2 Å². The smallest absolute Gasteiger partial charge is 0.243 e. The van der Waals surface area contributed by atoms with Crippen LogP contribution >= 0.6 is 0 Å². The predicted octanol–water partition coefficient (Wildman–Crippen LogP) is -1.40. The number of hydrogen-bond donors (Lipinski definition) is 7. The average Bonchev–Trinajstić information content (AvgIpc) is 3.68. The minimum absolute atomic E-state index is 0.0489. The number of H-pyrrole nitrogens is 2. The van der Waals surface area contributed by atoms with E-state index in [1.807, 2.05) is 24.3 Å². The maximum absolute atomic E-state index is 13.5. The van der Waals surface area contributed by atoms with Crippen molar-refractivity contribution in [3.8, 4) is 0 Å². The Morgan fingerprint density at radius 3 is 2.53 bits per heavy atom. The topological polar surface area (TPSA) is 198 Å². The van der Waals surface area contributed by atoms with Gasteiger partial charge in [0.2, 0.25) is 23.6 Å². The number of carbonyl (C=O) groups is 5. The highest BCUT2D eigenvalue weighted by Gasteiger charge is 2.33. The van der Waals surface area contributed by atoms with Crippen LogP contribution in [0.3, 0.4) is 0 Å². The second kappa shape index (κ2) is 12.1. The lowest BCUT2D eigenvalue weighted by Crippen LogP contribution is -2.58. The van der Waals surface area contributed by atoms with Gasteiger partial charge < -0.3 is 41.1 Å². The van der Waals surface area contributed by atoms with Gasteiger partial charge >= 0.3 is 0 Å². The fourth-order valence-electron chi connectivity index (χ4n) is 4.32. The molecule has 0 saturated carbocycles. The number of amides is 4. The Kier molecular flexibility index (Phi) is 8.48. The summed E-state index contributed by atoms with van der Waals surface area (Å²) in [5, 5.41) is 20.6. The van der Waals surface area contributed by atoms with Crippen molar-refractivity contribution in [3.05, 3.63) is 54.2 Å². The van der Waals surface area contributed by atoms with Crippen molar-refractivity contribution in [2.45, 2.75) is 49.9 Å². The average molecular weight is 524 g/mol. The zero-order valence-corrected chi connectivity index (χ0v) is 20.4. The van der Waals surface area contributed by atoms with E-state index < -0.39 is 48.5 Å². The highest BCUT2D eigenvalue weighted by atomic mass is 16.3. The Balaban J connectivity index is 1.55. The molecule has 4 amide bonds. The van der Waals surface area contributed by atoms with Gasteiger partial charge in [0.15, 0.2) is 0 Å². The molecule has 7 N–H and O–H groups in total. The van der Waals surface area contributed by atoms with E-state index in [9.17, 15) is 29.1 Å². The first-order valence-electron chi connectivity index (χ1n) is 12.2. The molecule has 0 aliphatic carbocycles. The molecule has 3 heterocycles. The third kappa shape index (κ3) is 6.42. The van der Waals surface area contributed by atoms with Crippen LogP contribution < -0.4 is 21.3 Å². The summed E-state index contributed by atoms with van der Waals surface area (Å²) in [7, 11) is 0. The summed E-state index contributed by atoms with van der Waals surface area (Å²) in [5.41, 5.74) is 2.16. The van der Waals surface area contributed by atoms with Gasteiger partial charge in [-0.2, -0.15) is 0 Å². The van der Waals surface area contributed by atoms with Crippen molar-refractivity contribution in [2.75, 3.05) is 6.61 Å². The van der Waals surface area contributed by atoms with Gasteiger partial charge in [0.05, 0.1) is 12.9 Å². The van der Waals surface area contributed by atoms with Crippen LogP contribution in [-0.2, 0) is 36.8 Å². The van der Waals surface area contributed by atoms with E-state index in [0.717, 1.165) is 16.5 Å². The maximum atomic E-state index is 13.5. The fraction of sp³-hybridized carbons (Fsp3) is 0.360. The summed E-state index contributed by atoms with van der Waals surface area (Å²) >= 11 is 0. The van der Waals surface area contributed by atoms with Crippen LogP contribution in [0.1, 0.15) is 24.1 Å². The van der Waals surface area contributed by atoms with Crippen molar-refractivity contribution in [1.29, 1.82) is 0 Å². The van der Waals surface area contributed by atoms with Crippen LogP contribution in [0.25, 0.3) is 10.9 Å². The number of nitrogens with one attached hydrogen (secondary N) is 6. The molecule has 1 aliphatic heterocycles. The molecule has 2 aromatic heterocycles. The van der Waals surface area contributed by atoms with Crippen molar-refractivity contribution < 1.29 is 29.1 Å². The van der Waals surface area contributed by atoms with E-state index in [0.29, 0.717) is 18.4 Å². The van der Waals surface area contributed by atoms with E-state index in [4.69, 9.17) is 0 Å². The zero-order valence-electron chi connectivity index (χ0n) is 20.4. The van der Waals surface area contributed by atoms with Gasteiger partial charge in [0.25, 0.3) is 0 Å². The van der Waals surface area contributed by atoms with Gasteiger partial charge in [0, 0.05) is 48.3 Å². The van der Waals surface area contributed by atoms with Gasteiger partial charge in [-0.1, -0.05) is 18.2 Å². The fourth-order valence-corrected chi connectivity index (χ4v) is 4.32. The number of benzene rings is 1. The summed E-state index contributed by atoms with van der Waals surface area (Å²) in [6.45, 7) is -0.603. The molecule has 0 radical (unpaired) electrons. The molecular weight excluding hydrogens is 494 g/mol. The number of aldehydes is 1. The molecule has 4 rings (SSSR count). The molecule has 200 valence electrons. The summed E-state index contributed by atoms with van der Waals surface area (Å²) in [5.74, 6) is -2.09.